The molecular weight excluding hydrogens is 322 g/mol. The van der Waals surface area contributed by atoms with E-state index in [9.17, 15) is 4.79 Å². The molecule has 0 saturated heterocycles. The average Bonchev–Trinajstić information content (AvgIpc) is 3.08. The Labute approximate surface area is 146 Å². The molecule has 0 saturated carbocycles. The second-order valence-electron chi connectivity index (χ2n) is 6.35. The molecule has 25 heavy (non-hydrogen) atoms. The molecule has 0 radical (unpaired) electrons. The molecule has 2 amide bonds. The summed E-state index contributed by atoms with van der Waals surface area (Å²) in [5, 5.41) is 6.69. The standard InChI is InChI=1S/C18H23N3O4/c1-11(2)14-9-17(20-25-14)19-18(22)21-6-5-12-7-15(23-3)16(24-4)8-13(12)10-21/h7-9,11H,5-6,10H2,1-4H3,(H,19,20,22). The number of nitrogens with zero attached hydrogens (tertiary/aromatic N) is 2. The SMILES string of the molecule is COc1cc2c(cc1OC)CN(C(=O)Nc1cc(C(C)C)on1)CC2. The second kappa shape index (κ2) is 7.04. The number of hydrogen-bond acceptors (Lipinski definition) is 5. The van der Waals surface area contributed by atoms with Crippen molar-refractivity contribution in [1.82, 2.24) is 10.1 Å². The maximum Gasteiger partial charge on any atom is 0.323 e. The number of nitrogens with one attached hydrogen (secondary N) is 1. The summed E-state index contributed by atoms with van der Waals surface area (Å²) in [5.41, 5.74) is 2.23. The number of carbonyl (C=O) groups excluding carboxylic acids is 1. The van der Waals surface area contributed by atoms with Crippen molar-refractivity contribution in [2.45, 2.75) is 32.7 Å². The zero-order valence-corrected chi connectivity index (χ0v) is 15.0. The van der Waals surface area contributed by atoms with Gasteiger partial charge in [0.1, 0.15) is 5.76 Å². The summed E-state index contributed by atoms with van der Waals surface area (Å²) in [5.74, 6) is 2.79. The monoisotopic (exact) mass is 345 g/mol. The van der Waals surface area contributed by atoms with Gasteiger partial charge in [-0.15, -0.1) is 0 Å². The van der Waals surface area contributed by atoms with Crippen LogP contribution in [0.1, 0.15) is 36.7 Å². The fourth-order valence-corrected chi connectivity index (χ4v) is 2.87. The van der Waals surface area contributed by atoms with E-state index in [2.05, 4.69) is 10.5 Å². The number of amides is 2. The molecule has 0 fully saturated rings. The lowest BCUT2D eigenvalue weighted by Crippen LogP contribution is -2.39. The zero-order chi connectivity index (χ0) is 18.0. The van der Waals surface area contributed by atoms with Gasteiger partial charge in [0.2, 0.25) is 0 Å². The molecule has 1 aromatic heterocycles. The summed E-state index contributed by atoms with van der Waals surface area (Å²) < 4.78 is 15.9. The summed E-state index contributed by atoms with van der Waals surface area (Å²) in [4.78, 5) is 14.3. The molecule has 0 spiro atoms. The Hall–Kier alpha value is -2.70. The van der Waals surface area contributed by atoms with Crippen molar-refractivity contribution in [3.63, 3.8) is 0 Å². The number of carbonyl (C=O) groups is 1. The van der Waals surface area contributed by atoms with Gasteiger partial charge in [0.25, 0.3) is 0 Å². The quantitative estimate of drug-likeness (QED) is 0.919. The first-order valence-corrected chi connectivity index (χ1v) is 8.28. The summed E-state index contributed by atoms with van der Waals surface area (Å²) in [6.45, 7) is 5.16. The number of aromatic nitrogens is 1. The van der Waals surface area contributed by atoms with Gasteiger partial charge < -0.3 is 18.9 Å². The summed E-state index contributed by atoms with van der Waals surface area (Å²) in [6.07, 6.45) is 0.763. The number of hydrogen-bond donors (Lipinski definition) is 1. The number of rotatable bonds is 4. The molecule has 0 bridgehead atoms. The highest BCUT2D eigenvalue weighted by Crippen LogP contribution is 2.33. The Morgan fingerprint density at radius 2 is 1.88 bits per heavy atom. The van der Waals surface area contributed by atoms with Crippen LogP contribution in [0.4, 0.5) is 10.6 Å². The van der Waals surface area contributed by atoms with Crippen LogP contribution in [0.5, 0.6) is 11.5 Å². The van der Waals surface area contributed by atoms with Gasteiger partial charge in [0.05, 0.1) is 14.2 Å². The van der Waals surface area contributed by atoms with Gasteiger partial charge >= 0.3 is 6.03 Å². The molecular formula is C18H23N3O4. The lowest BCUT2D eigenvalue weighted by molar-refractivity contribution is 0.206. The molecule has 1 aliphatic rings. The third-order valence-corrected chi connectivity index (χ3v) is 4.34. The summed E-state index contributed by atoms with van der Waals surface area (Å²) in [7, 11) is 3.23. The molecule has 7 heteroatoms. The van der Waals surface area contributed by atoms with Crippen LogP contribution in [0.25, 0.3) is 0 Å². The topological polar surface area (TPSA) is 76.8 Å². The molecule has 0 aliphatic carbocycles. The van der Waals surface area contributed by atoms with Gasteiger partial charge in [0.15, 0.2) is 17.3 Å². The van der Waals surface area contributed by atoms with Crippen molar-refractivity contribution in [2.75, 3.05) is 26.1 Å². The number of benzene rings is 1. The van der Waals surface area contributed by atoms with E-state index in [0.717, 1.165) is 17.7 Å². The Kier molecular flexibility index (Phi) is 4.83. The normalized spacial score (nSPS) is 13.6. The van der Waals surface area contributed by atoms with E-state index in [4.69, 9.17) is 14.0 Å². The van der Waals surface area contributed by atoms with E-state index in [-0.39, 0.29) is 11.9 Å². The fourth-order valence-electron chi connectivity index (χ4n) is 2.87. The molecule has 7 nitrogen and oxygen atoms in total. The molecule has 1 aliphatic heterocycles. The molecule has 0 atom stereocenters. The smallest absolute Gasteiger partial charge is 0.323 e. The summed E-state index contributed by atoms with van der Waals surface area (Å²) >= 11 is 0. The minimum Gasteiger partial charge on any atom is -0.493 e. The minimum atomic E-state index is -0.191. The van der Waals surface area contributed by atoms with Crippen molar-refractivity contribution in [3.8, 4) is 11.5 Å². The number of fused-ring (bicyclic) bond motifs is 1. The lowest BCUT2D eigenvalue weighted by Gasteiger charge is -2.29. The highest BCUT2D eigenvalue weighted by Gasteiger charge is 2.23. The van der Waals surface area contributed by atoms with Gasteiger partial charge in [-0.05, 0) is 29.7 Å². The largest absolute Gasteiger partial charge is 0.493 e. The molecule has 134 valence electrons. The Morgan fingerprint density at radius 1 is 1.20 bits per heavy atom. The first-order valence-electron chi connectivity index (χ1n) is 8.28. The Balaban J connectivity index is 1.72. The van der Waals surface area contributed by atoms with Crippen molar-refractivity contribution >= 4 is 11.8 Å². The van der Waals surface area contributed by atoms with Gasteiger partial charge in [-0.1, -0.05) is 19.0 Å². The number of methoxy groups -OCH3 is 2. The first-order chi connectivity index (χ1) is 12.0. The maximum absolute atomic E-state index is 12.5. The highest BCUT2D eigenvalue weighted by molar-refractivity contribution is 5.88. The number of anilines is 1. The number of urea groups is 1. The average molecular weight is 345 g/mol. The van der Waals surface area contributed by atoms with Crippen LogP contribution >= 0.6 is 0 Å². The van der Waals surface area contributed by atoms with E-state index < -0.39 is 0 Å². The van der Waals surface area contributed by atoms with Crippen molar-refractivity contribution in [1.29, 1.82) is 0 Å². The van der Waals surface area contributed by atoms with Gasteiger partial charge in [-0.25, -0.2) is 4.79 Å². The van der Waals surface area contributed by atoms with Gasteiger partial charge in [0, 0.05) is 25.1 Å². The Bertz CT molecular complexity index is 770. The number of ether oxygens (including phenoxy) is 2. The minimum absolute atomic E-state index is 0.191. The predicted molar refractivity (Wildman–Crippen MR) is 93.3 cm³/mol. The molecule has 3 rings (SSSR count). The molecule has 1 N–H and O–H groups in total. The molecule has 2 heterocycles. The maximum atomic E-state index is 12.5. The van der Waals surface area contributed by atoms with Crippen molar-refractivity contribution in [3.05, 3.63) is 35.1 Å². The predicted octanol–water partition coefficient (Wildman–Crippen LogP) is 3.41. The van der Waals surface area contributed by atoms with E-state index in [1.807, 2.05) is 26.0 Å². The summed E-state index contributed by atoms with van der Waals surface area (Å²) in [6, 6.07) is 5.48. The zero-order valence-electron chi connectivity index (χ0n) is 15.0. The molecule has 2 aromatic rings. The van der Waals surface area contributed by atoms with Crippen LogP contribution in [0, 0.1) is 0 Å². The first kappa shape index (κ1) is 17.1. The van der Waals surface area contributed by atoms with Crippen LogP contribution in [0.3, 0.4) is 0 Å². The van der Waals surface area contributed by atoms with Crippen molar-refractivity contribution in [2.24, 2.45) is 0 Å². The van der Waals surface area contributed by atoms with Crippen molar-refractivity contribution < 1.29 is 18.8 Å². The third-order valence-electron chi connectivity index (χ3n) is 4.34. The van der Waals surface area contributed by atoms with E-state index in [1.165, 1.54) is 5.56 Å². The van der Waals surface area contributed by atoms with Crippen LogP contribution < -0.4 is 14.8 Å². The molecule has 0 unspecified atom stereocenters. The van der Waals surface area contributed by atoms with E-state index in [1.54, 1.807) is 25.2 Å². The van der Waals surface area contributed by atoms with Crippen LogP contribution in [0.2, 0.25) is 0 Å². The third kappa shape index (κ3) is 3.55. The van der Waals surface area contributed by atoms with Crippen LogP contribution in [-0.2, 0) is 13.0 Å². The molecule has 1 aromatic carbocycles. The van der Waals surface area contributed by atoms with Crippen LogP contribution in [0.15, 0.2) is 22.7 Å². The second-order valence-corrected chi connectivity index (χ2v) is 6.35. The Morgan fingerprint density at radius 3 is 2.48 bits per heavy atom. The highest BCUT2D eigenvalue weighted by atomic mass is 16.5. The van der Waals surface area contributed by atoms with Gasteiger partial charge in [-0.2, -0.15) is 0 Å². The van der Waals surface area contributed by atoms with E-state index in [0.29, 0.717) is 30.4 Å². The van der Waals surface area contributed by atoms with Crippen LogP contribution in [-0.4, -0.2) is 36.9 Å². The fraction of sp³-hybridized carbons (Fsp3) is 0.444. The van der Waals surface area contributed by atoms with E-state index >= 15 is 0 Å². The van der Waals surface area contributed by atoms with Gasteiger partial charge in [-0.3, -0.25) is 5.32 Å². The lowest BCUT2D eigenvalue weighted by atomic mass is 9.99.